The zero-order chi connectivity index (χ0) is 13.5. The molecule has 3 rings (SSSR count). The maximum Gasteiger partial charge on any atom is 0.150 e. The molecule has 4 nitrogen and oxygen atoms in total. The first-order valence-electron chi connectivity index (χ1n) is 6.67. The van der Waals surface area contributed by atoms with Gasteiger partial charge in [0.05, 0.1) is 23.2 Å². The van der Waals surface area contributed by atoms with Crippen molar-refractivity contribution in [1.82, 2.24) is 9.38 Å². The quantitative estimate of drug-likeness (QED) is 0.844. The van der Waals surface area contributed by atoms with Gasteiger partial charge in [0.25, 0.3) is 0 Å². The van der Waals surface area contributed by atoms with E-state index in [1.54, 1.807) is 0 Å². The monoisotopic (exact) mass is 278 g/mol. The molecule has 0 saturated carbocycles. The molecule has 0 aromatic carbocycles. The molecule has 1 aliphatic heterocycles. The molecule has 2 aromatic rings. The van der Waals surface area contributed by atoms with Crippen LogP contribution in [0.25, 0.3) is 5.52 Å². The first-order chi connectivity index (χ1) is 9.05. The zero-order valence-corrected chi connectivity index (χ0v) is 11.9. The SMILES string of the molecule is Cc1cccc2cnc(CC3CCS(=O)(=O)CC3)n12. The van der Waals surface area contributed by atoms with E-state index in [0.29, 0.717) is 17.4 Å². The van der Waals surface area contributed by atoms with E-state index in [1.807, 2.05) is 12.3 Å². The van der Waals surface area contributed by atoms with Gasteiger partial charge < -0.3 is 4.40 Å². The molecule has 0 spiro atoms. The summed E-state index contributed by atoms with van der Waals surface area (Å²) in [5, 5.41) is 0. The number of hydrogen-bond donors (Lipinski definition) is 0. The van der Waals surface area contributed by atoms with Crippen LogP contribution in [0.1, 0.15) is 24.4 Å². The summed E-state index contributed by atoms with van der Waals surface area (Å²) in [4.78, 5) is 4.50. The first kappa shape index (κ1) is 12.7. The van der Waals surface area contributed by atoms with Crippen LogP contribution in [0.3, 0.4) is 0 Å². The highest BCUT2D eigenvalue weighted by Crippen LogP contribution is 2.23. The number of imidazole rings is 1. The van der Waals surface area contributed by atoms with Crippen LogP contribution in [0, 0.1) is 12.8 Å². The summed E-state index contributed by atoms with van der Waals surface area (Å²) in [5.74, 6) is 2.16. The zero-order valence-electron chi connectivity index (χ0n) is 11.0. The summed E-state index contributed by atoms with van der Waals surface area (Å²) in [6.07, 6.45) is 4.29. The highest BCUT2D eigenvalue weighted by atomic mass is 32.2. The van der Waals surface area contributed by atoms with Crippen molar-refractivity contribution >= 4 is 15.4 Å². The van der Waals surface area contributed by atoms with E-state index < -0.39 is 9.84 Å². The van der Waals surface area contributed by atoms with Gasteiger partial charge in [0.1, 0.15) is 15.7 Å². The van der Waals surface area contributed by atoms with Crippen LogP contribution < -0.4 is 0 Å². The molecule has 5 heteroatoms. The smallest absolute Gasteiger partial charge is 0.150 e. The van der Waals surface area contributed by atoms with E-state index in [1.165, 1.54) is 5.69 Å². The molecule has 0 N–H and O–H groups in total. The second kappa shape index (κ2) is 4.63. The predicted molar refractivity (Wildman–Crippen MR) is 75.0 cm³/mol. The number of fused-ring (bicyclic) bond motifs is 1. The lowest BCUT2D eigenvalue weighted by molar-refractivity contribution is 0.453. The highest BCUT2D eigenvalue weighted by Gasteiger charge is 2.24. The van der Waals surface area contributed by atoms with E-state index in [2.05, 4.69) is 28.4 Å². The van der Waals surface area contributed by atoms with Crippen molar-refractivity contribution in [3.63, 3.8) is 0 Å². The van der Waals surface area contributed by atoms with Gasteiger partial charge >= 0.3 is 0 Å². The van der Waals surface area contributed by atoms with Gasteiger partial charge in [-0.2, -0.15) is 0 Å². The Kier molecular flexibility index (Phi) is 3.09. The van der Waals surface area contributed by atoms with E-state index in [0.717, 1.165) is 30.6 Å². The lowest BCUT2D eigenvalue weighted by atomic mass is 9.98. The Morgan fingerprint density at radius 2 is 2.05 bits per heavy atom. The minimum atomic E-state index is -2.77. The summed E-state index contributed by atoms with van der Waals surface area (Å²) >= 11 is 0. The average molecular weight is 278 g/mol. The Hall–Kier alpha value is -1.36. The van der Waals surface area contributed by atoms with E-state index in [-0.39, 0.29) is 0 Å². The molecule has 0 radical (unpaired) electrons. The second-order valence-corrected chi connectivity index (χ2v) is 7.70. The number of hydrogen-bond acceptors (Lipinski definition) is 3. The molecule has 1 saturated heterocycles. The number of aryl methyl sites for hydroxylation is 1. The van der Waals surface area contributed by atoms with Crippen molar-refractivity contribution in [2.45, 2.75) is 26.2 Å². The fourth-order valence-corrected chi connectivity index (χ4v) is 4.42. The third kappa shape index (κ3) is 2.52. The van der Waals surface area contributed by atoms with Crippen LogP contribution in [0.2, 0.25) is 0 Å². The number of nitrogens with zero attached hydrogens (tertiary/aromatic N) is 2. The van der Waals surface area contributed by atoms with Gasteiger partial charge in [-0.1, -0.05) is 6.07 Å². The molecule has 102 valence electrons. The van der Waals surface area contributed by atoms with E-state index >= 15 is 0 Å². The fraction of sp³-hybridized carbons (Fsp3) is 0.500. The molecule has 2 aromatic heterocycles. The molecule has 0 bridgehead atoms. The van der Waals surface area contributed by atoms with Gasteiger partial charge in [0.15, 0.2) is 0 Å². The van der Waals surface area contributed by atoms with Gasteiger partial charge in [-0.05, 0) is 37.8 Å². The van der Waals surface area contributed by atoms with Crippen molar-refractivity contribution in [2.24, 2.45) is 5.92 Å². The van der Waals surface area contributed by atoms with Gasteiger partial charge in [-0.3, -0.25) is 0 Å². The molecule has 0 amide bonds. The van der Waals surface area contributed by atoms with Gasteiger partial charge in [0, 0.05) is 12.1 Å². The Balaban J connectivity index is 1.83. The predicted octanol–water partition coefficient (Wildman–Crippen LogP) is 2.01. The summed E-state index contributed by atoms with van der Waals surface area (Å²) in [7, 11) is -2.77. The van der Waals surface area contributed by atoms with Crippen LogP contribution in [-0.4, -0.2) is 29.3 Å². The Morgan fingerprint density at radius 1 is 1.32 bits per heavy atom. The van der Waals surface area contributed by atoms with Crippen molar-refractivity contribution in [2.75, 3.05) is 11.5 Å². The summed E-state index contributed by atoms with van der Waals surface area (Å²) in [6, 6.07) is 6.15. The Morgan fingerprint density at radius 3 is 2.79 bits per heavy atom. The summed E-state index contributed by atoms with van der Waals surface area (Å²) < 4.78 is 25.1. The third-order valence-corrected chi connectivity index (χ3v) is 5.68. The normalized spacial score (nSPS) is 19.8. The van der Waals surface area contributed by atoms with Crippen molar-refractivity contribution in [3.8, 4) is 0 Å². The van der Waals surface area contributed by atoms with Crippen molar-refractivity contribution in [3.05, 3.63) is 35.9 Å². The van der Waals surface area contributed by atoms with Crippen molar-refractivity contribution in [1.29, 1.82) is 0 Å². The lowest BCUT2D eigenvalue weighted by Gasteiger charge is -2.21. The molecule has 19 heavy (non-hydrogen) atoms. The van der Waals surface area contributed by atoms with Crippen molar-refractivity contribution < 1.29 is 8.42 Å². The highest BCUT2D eigenvalue weighted by molar-refractivity contribution is 7.91. The Labute approximate surface area is 113 Å². The molecule has 0 aliphatic carbocycles. The summed E-state index contributed by atoms with van der Waals surface area (Å²) in [5.41, 5.74) is 2.28. The van der Waals surface area contributed by atoms with Gasteiger partial charge in [0.2, 0.25) is 0 Å². The lowest BCUT2D eigenvalue weighted by Crippen LogP contribution is -2.25. The minimum Gasteiger partial charge on any atom is -0.301 e. The number of pyridine rings is 1. The molecule has 0 atom stereocenters. The maximum atomic E-state index is 11.4. The van der Waals surface area contributed by atoms with Gasteiger partial charge in [-0.15, -0.1) is 0 Å². The molecule has 1 fully saturated rings. The first-order valence-corrected chi connectivity index (χ1v) is 8.50. The standard InChI is InChI=1S/C14H18N2O2S/c1-11-3-2-4-13-10-15-14(16(11)13)9-12-5-7-19(17,18)8-6-12/h2-4,10,12H,5-9H2,1H3. The largest absolute Gasteiger partial charge is 0.301 e. The maximum absolute atomic E-state index is 11.4. The van der Waals surface area contributed by atoms with Crippen LogP contribution >= 0.6 is 0 Å². The fourth-order valence-electron chi connectivity index (χ4n) is 2.84. The molecule has 1 aliphatic rings. The third-order valence-electron chi connectivity index (χ3n) is 3.96. The minimum absolute atomic E-state index is 0.333. The number of rotatable bonds is 2. The van der Waals surface area contributed by atoms with Crippen LogP contribution in [0.5, 0.6) is 0 Å². The Bertz CT molecular complexity index is 689. The van der Waals surface area contributed by atoms with Crippen LogP contribution in [-0.2, 0) is 16.3 Å². The average Bonchev–Trinajstić information content (AvgIpc) is 2.77. The van der Waals surface area contributed by atoms with Crippen LogP contribution in [0.15, 0.2) is 24.4 Å². The summed E-state index contributed by atoms with van der Waals surface area (Å²) in [6.45, 7) is 2.07. The molecular weight excluding hydrogens is 260 g/mol. The number of aromatic nitrogens is 2. The van der Waals surface area contributed by atoms with Gasteiger partial charge in [-0.25, -0.2) is 13.4 Å². The van der Waals surface area contributed by atoms with E-state index in [9.17, 15) is 8.42 Å². The van der Waals surface area contributed by atoms with Crippen LogP contribution in [0.4, 0.5) is 0 Å². The van der Waals surface area contributed by atoms with E-state index in [4.69, 9.17) is 0 Å². The second-order valence-electron chi connectivity index (χ2n) is 5.40. The molecule has 3 heterocycles. The molecule has 0 unspecified atom stereocenters. The topological polar surface area (TPSA) is 51.4 Å². The number of sulfone groups is 1. The molecular formula is C14H18N2O2S.